The molecule has 0 aromatic heterocycles. The number of rotatable bonds is 5. The van der Waals surface area contributed by atoms with Gasteiger partial charge in [-0.3, -0.25) is 0 Å². The summed E-state index contributed by atoms with van der Waals surface area (Å²) in [4.78, 5) is 0. The average molecular weight is 254 g/mol. The molecule has 2 aromatic rings. The summed E-state index contributed by atoms with van der Waals surface area (Å²) in [5.74, 6) is -0.0628. The number of benzene rings is 2. The molecule has 0 bridgehead atoms. The van der Waals surface area contributed by atoms with E-state index in [1.165, 1.54) is 5.56 Å². The van der Waals surface area contributed by atoms with Crippen molar-refractivity contribution in [1.82, 2.24) is 0 Å². The van der Waals surface area contributed by atoms with Crippen molar-refractivity contribution in [3.63, 3.8) is 0 Å². The molecule has 0 saturated heterocycles. The molecular weight excluding hydrogens is 234 g/mol. The van der Waals surface area contributed by atoms with E-state index in [-0.39, 0.29) is 12.5 Å². The van der Waals surface area contributed by atoms with E-state index in [9.17, 15) is 4.39 Å². The Labute approximate surface area is 115 Å². The van der Waals surface area contributed by atoms with Crippen molar-refractivity contribution < 1.29 is 4.39 Å². The minimum Gasteiger partial charge on any atom is -0.208 e. The van der Waals surface area contributed by atoms with E-state index in [4.69, 9.17) is 0 Å². The van der Waals surface area contributed by atoms with Crippen LogP contribution in [0.2, 0.25) is 13.6 Å². The summed E-state index contributed by atoms with van der Waals surface area (Å²) < 4.78 is 13.9. The molecule has 2 heteroatoms. The minimum absolute atomic E-state index is 0.0628. The second-order valence-corrected chi connectivity index (χ2v) is 5.35. The van der Waals surface area contributed by atoms with Gasteiger partial charge in [0, 0.05) is 0 Å². The van der Waals surface area contributed by atoms with Crippen LogP contribution in [-0.4, -0.2) is 6.71 Å². The molecule has 0 aliphatic carbocycles. The van der Waals surface area contributed by atoms with Crippen LogP contribution in [0.25, 0.3) is 0 Å². The van der Waals surface area contributed by atoms with Gasteiger partial charge in [0.1, 0.15) is 5.82 Å². The Balaban J connectivity index is 1.92. The Bertz CT molecular complexity index is 520. The van der Waals surface area contributed by atoms with Gasteiger partial charge in [0.15, 0.2) is 6.71 Å². The molecule has 0 unspecified atom stereocenters. The van der Waals surface area contributed by atoms with Crippen LogP contribution in [0.5, 0.6) is 0 Å². The molecule has 0 amide bonds. The number of aryl methyl sites for hydroxylation is 2. The third kappa shape index (κ3) is 3.95. The second-order valence-electron chi connectivity index (χ2n) is 5.35. The van der Waals surface area contributed by atoms with Crippen molar-refractivity contribution in [1.29, 1.82) is 0 Å². The molecule has 0 N–H and O–H groups in total. The van der Waals surface area contributed by atoms with Crippen LogP contribution in [0.3, 0.4) is 0 Å². The van der Waals surface area contributed by atoms with Gasteiger partial charge in [-0.25, -0.2) is 4.39 Å². The standard InChI is InChI=1S/C17H20BF/c1-18(2)16-12-11-15(13-17(16)19)10-6-9-14-7-4-3-5-8-14/h3-5,7-8,11-13H,6,9-10H2,1-2H3. The average Bonchev–Trinajstić information content (AvgIpc) is 2.39. The predicted octanol–water partition coefficient (Wildman–Crippen LogP) is 3.96. The van der Waals surface area contributed by atoms with E-state index >= 15 is 0 Å². The molecule has 0 radical (unpaired) electrons. The molecule has 0 atom stereocenters. The van der Waals surface area contributed by atoms with Gasteiger partial charge in [0.05, 0.1) is 0 Å². The highest BCUT2D eigenvalue weighted by Crippen LogP contribution is 2.09. The Morgan fingerprint density at radius 2 is 1.58 bits per heavy atom. The van der Waals surface area contributed by atoms with Gasteiger partial charge in [-0.05, 0) is 41.9 Å². The zero-order valence-electron chi connectivity index (χ0n) is 11.7. The maximum Gasteiger partial charge on any atom is 0.173 e. The predicted molar refractivity (Wildman–Crippen MR) is 82.0 cm³/mol. The third-order valence-corrected chi connectivity index (χ3v) is 3.46. The lowest BCUT2D eigenvalue weighted by Crippen LogP contribution is -2.26. The smallest absolute Gasteiger partial charge is 0.173 e. The van der Waals surface area contributed by atoms with Gasteiger partial charge >= 0.3 is 0 Å². The van der Waals surface area contributed by atoms with Crippen LogP contribution >= 0.6 is 0 Å². The minimum atomic E-state index is -0.0628. The highest BCUT2D eigenvalue weighted by Gasteiger charge is 2.09. The summed E-state index contributed by atoms with van der Waals surface area (Å²) in [7, 11) is 0. The maximum absolute atomic E-state index is 13.9. The normalized spacial score (nSPS) is 10.5. The summed E-state index contributed by atoms with van der Waals surface area (Å²) in [5.41, 5.74) is 3.26. The van der Waals surface area contributed by atoms with E-state index in [1.807, 2.05) is 25.8 Å². The molecule has 0 spiro atoms. The van der Waals surface area contributed by atoms with Gasteiger partial charge in [-0.15, -0.1) is 0 Å². The summed E-state index contributed by atoms with van der Waals surface area (Å²) in [5, 5.41) is 0. The van der Waals surface area contributed by atoms with Crippen LogP contribution in [0.15, 0.2) is 48.5 Å². The zero-order chi connectivity index (χ0) is 13.7. The Kier molecular flexibility index (Phi) is 4.78. The fraction of sp³-hybridized carbons (Fsp3) is 0.294. The van der Waals surface area contributed by atoms with Gasteiger partial charge in [0.2, 0.25) is 0 Å². The molecule has 0 heterocycles. The number of hydrogen-bond donors (Lipinski definition) is 0. The summed E-state index contributed by atoms with van der Waals surface area (Å²) in [6.07, 6.45) is 3.04. The van der Waals surface area contributed by atoms with E-state index in [0.29, 0.717) is 0 Å². The maximum atomic E-state index is 13.9. The van der Waals surface area contributed by atoms with Crippen LogP contribution in [0.1, 0.15) is 17.5 Å². The topological polar surface area (TPSA) is 0 Å². The second kappa shape index (κ2) is 6.56. The summed E-state index contributed by atoms with van der Waals surface area (Å²) >= 11 is 0. The Morgan fingerprint density at radius 3 is 2.21 bits per heavy atom. The summed E-state index contributed by atoms with van der Waals surface area (Å²) in [6, 6.07) is 16.1. The quantitative estimate of drug-likeness (QED) is 0.708. The van der Waals surface area contributed by atoms with E-state index in [0.717, 1.165) is 30.3 Å². The highest BCUT2D eigenvalue weighted by atomic mass is 19.1. The number of hydrogen-bond acceptors (Lipinski definition) is 0. The van der Waals surface area contributed by atoms with Gasteiger partial charge in [-0.2, -0.15) is 0 Å². The molecule has 0 fully saturated rings. The lowest BCUT2D eigenvalue weighted by molar-refractivity contribution is 0.632. The molecule has 98 valence electrons. The highest BCUT2D eigenvalue weighted by molar-refractivity contribution is 6.70. The van der Waals surface area contributed by atoms with Gasteiger partial charge in [0.25, 0.3) is 0 Å². The molecule has 0 saturated carbocycles. The van der Waals surface area contributed by atoms with Crippen molar-refractivity contribution >= 4 is 12.2 Å². The summed E-state index contributed by atoms with van der Waals surface area (Å²) in [6.45, 7) is 4.29. The van der Waals surface area contributed by atoms with Crippen LogP contribution in [-0.2, 0) is 12.8 Å². The molecule has 0 aliphatic rings. The van der Waals surface area contributed by atoms with Crippen molar-refractivity contribution in [2.24, 2.45) is 0 Å². The molecule has 2 aromatic carbocycles. The van der Waals surface area contributed by atoms with E-state index < -0.39 is 0 Å². The van der Waals surface area contributed by atoms with Crippen molar-refractivity contribution in [2.75, 3.05) is 0 Å². The van der Waals surface area contributed by atoms with Crippen LogP contribution < -0.4 is 5.46 Å². The molecule has 19 heavy (non-hydrogen) atoms. The first-order valence-corrected chi connectivity index (χ1v) is 6.99. The lowest BCUT2D eigenvalue weighted by atomic mass is 9.49. The van der Waals surface area contributed by atoms with E-state index in [2.05, 4.69) is 30.3 Å². The number of halogens is 1. The van der Waals surface area contributed by atoms with E-state index in [1.54, 1.807) is 6.07 Å². The Hall–Kier alpha value is -1.57. The molecule has 2 rings (SSSR count). The SMILES string of the molecule is CB(C)c1ccc(CCCc2ccccc2)cc1F. The molecule has 0 aliphatic heterocycles. The van der Waals surface area contributed by atoms with Gasteiger partial charge in [-0.1, -0.05) is 56.1 Å². The molecule has 0 nitrogen and oxygen atoms in total. The van der Waals surface area contributed by atoms with Gasteiger partial charge < -0.3 is 0 Å². The largest absolute Gasteiger partial charge is 0.208 e. The first kappa shape index (κ1) is 13.9. The van der Waals surface area contributed by atoms with Crippen molar-refractivity contribution in [3.05, 3.63) is 65.5 Å². The fourth-order valence-electron chi connectivity index (χ4n) is 2.34. The van der Waals surface area contributed by atoms with Crippen molar-refractivity contribution in [3.8, 4) is 0 Å². The van der Waals surface area contributed by atoms with Crippen LogP contribution in [0, 0.1) is 5.82 Å². The lowest BCUT2D eigenvalue weighted by Gasteiger charge is -2.07. The monoisotopic (exact) mass is 254 g/mol. The zero-order valence-corrected chi connectivity index (χ0v) is 11.7. The van der Waals surface area contributed by atoms with Crippen LogP contribution in [0.4, 0.5) is 4.39 Å². The first-order valence-electron chi connectivity index (χ1n) is 6.99. The van der Waals surface area contributed by atoms with Crippen molar-refractivity contribution in [2.45, 2.75) is 32.9 Å². The third-order valence-electron chi connectivity index (χ3n) is 3.46. The Morgan fingerprint density at radius 1 is 0.895 bits per heavy atom. The first-order chi connectivity index (χ1) is 9.16. The molecular formula is C17H20BF. The fourth-order valence-corrected chi connectivity index (χ4v) is 2.34.